The number of ether oxygens (including phenoxy) is 1. The van der Waals surface area contributed by atoms with Gasteiger partial charge in [-0.15, -0.1) is 0 Å². The van der Waals surface area contributed by atoms with Crippen LogP contribution in [0.5, 0.6) is 11.6 Å². The van der Waals surface area contributed by atoms with E-state index in [1.54, 1.807) is 19.3 Å². The highest BCUT2D eigenvalue weighted by Crippen LogP contribution is 2.29. The van der Waals surface area contributed by atoms with Crippen molar-refractivity contribution in [2.24, 2.45) is 0 Å². The Bertz CT molecular complexity index is 755. The number of anilines is 1. The van der Waals surface area contributed by atoms with Gasteiger partial charge in [-0.3, -0.25) is 5.10 Å². The molecule has 0 aliphatic heterocycles. The first-order chi connectivity index (χ1) is 9.65. The maximum atomic E-state index is 13.4. The number of nitrogens with zero attached hydrogens (tertiary/aromatic N) is 3. The highest BCUT2D eigenvalue weighted by molar-refractivity contribution is 9.10. The smallest absolute Gasteiger partial charge is 0.235 e. The summed E-state index contributed by atoms with van der Waals surface area (Å²) < 4.78 is 19.6. The number of aromatic amines is 1. The topological polar surface area (TPSA) is 75.7 Å². The third kappa shape index (κ3) is 2.42. The van der Waals surface area contributed by atoms with Crippen molar-refractivity contribution in [1.82, 2.24) is 20.2 Å². The Morgan fingerprint density at radius 1 is 1.30 bits per heavy atom. The van der Waals surface area contributed by atoms with Crippen molar-refractivity contribution in [2.75, 3.05) is 12.4 Å². The molecule has 1 aromatic carbocycles. The summed E-state index contributed by atoms with van der Waals surface area (Å²) in [6.07, 6.45) is 1.55. The lowest BCUT2D eigenvalue weighted by Crippen LogP contribution is -1.99. The lowest BCUT2D eigenvalue weighted by atomic mass is 10.3. The average Bonchev–Trinajstić information content (AvgIpc) is 2.85. The molecule has 0 aliphatic carbocycles. The first-order valence-electron chi connectivity index (χ1n) is 5.68. The van der Waals surface area contributed by atoms with E-state index >= 15 is 0 Å². The molecule has 2 N–H and O–H groups in total. The minimum Gasteiger partial charge on any atom is -0.438 e. The summed E-state index contributed by atoms with van der Waals surface area (Å²) in [6.45, 7) is 0. The van der Waals surface area contributed by atoms with Crippen molar-refractivity contribution >= 4 is 32.9 Å². The van der Waals surface area contributed by atoms with E-state index in [1.807, 2.05) is 0 Å². The minimum atomic E-state index is -0.402. The second-order valence-electron chi connectivity index (χ2n) is 3.94. The summed E-state index contributed by atoms with van der Waals surface area (Å²) >= 11 is 3.21. The number of halogens is 2. The summed E-state index contributed by atoms with van der Waals surface area (Å²) in [5, 5.41) is 10.1. The number of aromatic nitrogens is 4. The lowest BCUT2D eigenvalue weighted by molar-refractivity contribution is 0.463. The molecule has 0 unspecified atom stereocenters. The Morgan fingerprint density at radius 2 is 2.15 bits per heavy atom. The molecule has 3 rings (SSSR count). The number of nitrogens with one attached hydrogen (secondary N) is 2. The van der Waals surface area contributed by atoms with Gasteiger partial charge in [0.25, 0.3) is 0 Å². The number of benzene rings is 1. The maximum absolute atomic E-state index is 13.4. The molecule has 6 nitrogen and oxygen atoms in total. The first-order valence-corrected chi connectivity index (χ1v) is 6.48. The van der Waals surface area contributed by atoms with Crippen LogP contribution in [0.2, 0.25) is 0 Å². The van der Waals surface area contributed by atoms with Gasteiger partial charge in [0.15, 0.2) is 5.65 Å². The summed E-state index contributed by atoms with van der Waals surface area (Å²) in [4.78, 5) is 8.39. The van der Waals surface area contributed by atoms with Gasteiger partial charge in [0.05, 0.1) is 6.20 Å². The van der Waals surface area contributed by atoms with E-state index in [1.165, 1.54) is 12.1 Å². The van der Waals surface area contributed by atoms with Gasteiger partial charge in [-0.2, -0.15) is 15.1 Å². The molecular formula is C12H9BrFN5O. The molecule has 0 amide bonds. The van der Waals surface area contributed by atoms with Gasteiger partial charge in [0.1, 0.15) is 17.0 Å². The lowest BCUT2D eigenvalue weighted by Gasteiger charge is -2.07. The van der Waals surface area contributed by atoms with E-state index in [2.05, 4.69) is 41.4 Å². The van der Waals surface area contributed by atoms with Gasteiger partial charge < -0.3 is 10.1 Å². The maximum Gasteiger partial charge on any atom is 0.235 e. The zero-order valence-corrected chi connectivity index (χ0v) is 11.9. The molecule has 0 atom stereocenters. The molecule has 0 fully saturated rings. The van der Waals surface area contributed by atoms with Crippen LogP contribution in [-0.4, -0.2) is 27.2 Å². The molecule has 2 aromatic heterocycles. The second-order valence-corrected chi connectivity index (χ2v) is 4.86. The van der Waals surface area contributed by atoms with Gasteiger partial charge in [-0.05, 0) is 12.1 Å². The van der Waals surface area contributed by atoms with Crippen molar-refractivity contribution in [2.45, 2.75) is 0 Å². The molecule has 20 heavy (non-hydrogen) atoms. The fourth-order valence-electron chi connectivity index (χ4n) is 1.70. The van der Waals surface area contributed by atoms with E-state index in [-0.39, 0.29) is 0 Å². The third-order valence-corrected chi connectivity index (χ3v) is 3.01. The SMILES string of the molecule is CNc1nc(Oc2cc(F)cc(Br)c2)c2cn[nH]c2n1. The van der Waals surface area contributed by atoms with Gasteiger partial charge in [0, 0.05) is 17.6 Å². The van der Waals surface area contributed by atoms with Crippen LogP contribution in [0.25, 0.3) is 11.0 Å². The van der Waals surface area contributed by atoms with E-state index in [0.29, 0.717) is 33.1 Å². The monoisotopic (exact) mass is 337 g/mol. The van der Waals surface area contributed by atoms with Crippen LogP contribution in [0.4, 0.5) is 10.3 Å². The van der Waals surface area contributed by atoms with E-state index < -0.39 is 5.82 Å². The predicted molar refractivity (Wildman–Crippen MR) is 75.4 cm³/mol. The first kappa shape index (κ1) is 12.8. The van der Waals surface area contributed by atoms with Crippen molar-refractivity contribution in [3.8, 4) is 11.6 Å². The van der Waals surface area contributed by atoms with E-state index in [9.17, 15) is 4.39 Å². The number of hydrogen-bond donors (Lipinski definition) is 2. The zero-order chi connectivity index (χ0) is 14.1. The molecule has 102 valence electrons. The highest BCUT2D eigenvalue weighted by Gasteiger charge is 2.12. The van der Waals surface area contributed by atoms with E-state index in [4.69, 9.17) is 4.74 Å². The standard InChI is InChI=1S/C12H9BrFN5O/c1-15-12-17-10-9(5-16-19-10)11(18-12)20-8-3-6(13)2-7(14)4-8/h2-5H,1H3,(H2,15,16,17,18,19). The molecule has 2 heterocycles. The van der Waals surface area contributed by atoms with Gasteiger partial charge in [0.2, 0.25) is 11.8 Å². The Labute approximate surface area is 121 Å². The highest BCUT2D eigenvalue weighted by atomic mass is 79.9. The Hall–Kier alpha value is -2.22. The average molecular weight is 338 g/mol. The molecule has 0 aliphatic rings. The van der Waals surface area contributed by atoms with Crippen molar-refractivity contribution in [3.05, 3.63) is 34.7 Å². The molecule has 0 bridgehead atoms. The largest absolute Gasteiger partial charge is 0.438 e. The van der Waals surface area contributed by atoms with Crippen LogP contribution in [0, 0.1) is 5.82 Å². The van der Waals surface area contributed by atoms with Gasteiger partial charge >= 0.3 is 0 Å². The van der Waals surface area contributed by atoms with Crippen molar-refractivity contribution in [3.63, 3.8) is 0 Å². The molecule has 0 saturated heterocycles. The van der Waals surface area contributed by atoms with Crippen LogP contribution >= 0.6 is 15.9 Å². The summed E-state index contributed by atoms with van der Waals surface area (Å²) in [5.41, 5.74) is 0.537. The Morgan fingerprint density at radius 3 is 2.90 bits per heavy atom. The van der Waals surface area contributed by atoms with Crippen LogP contribution in [-0.2, 0) is 0 Å². The second kappa shape index (κ2) is 5.04. The minimum absolute atomic E-state index is 0.297. The predicted octanol–water partition coefficient (Wildman–Crippen LogP) is 3.09. The molecule has 3 aromatic rings. The zero-order valence-electron chi connectivity index (χ0n) is 10.3. The number of fused-ring (bicyclic) bond motifs is 1. The molecule has 8 heteroatoms. The van der Waals surface area contributed by atoms with E-state index in [0.717, 1.165) is 0 Å². The number of rotatable bonds is 3. The fourth-order valence-corrected chi connectivity index (χ4v) is 2.14. The molecule has 0 spiro atoms. The van der Waals surface area contributed by atoms with Crippen molar-refractivity contribution < 1.29 is 9.13 Å². The Kier molecular flexibility index (Phi) is 3.23. The summed E-state index contributed by atoms with van der Waals surface area (Å²) in [7, 11) is 1.69. The van der Waals surface area contributed by atoms with Gasteiger partial charge in [-0.25, -0.2) is 4.39 Å². The normalized spacial score (nSPS) is 10.8. The fraction of sp³-hybridized carbons (Fsp3) is 0.0833. The molecule has 0 saturated carbocycles. The van der Waals surface area contributed by atoms with Crippen LogP contribution in [0.3, 0.4) is 0 Å². The Balaban J connectivity index is 2.07. The number of hydrogen-bond acceptors (Lipinski definition) is 5. The third-order valence-electron chi connectivity index (χ3n) is 2.55. The number of H-pyrrole nitrogens is 1. The van der Waals surface area contributed by atoms with Crippen LogP contribution in [0.1, 0.15) is 0 Å². The summed E-state index contributed by atoms with van der Waals surface area (Å²) in [6, 6.07) is 4.27. The molecule has 0 radical (unpaired) electrons. The quantitative estimate of drug-likeness (QED) is 0.768. The summed E-state index contributed by atoms with van der Waals surface area (Å²) in [5.74, 6) is 0.610. The van der Waals surface area contributed by atoms with Crippen LogP contribution in [0.15, 0.2) is 28.9 Å². The molecular weight excluding hydrogens is 329 g/mol. The van der Waals surface area contributed by atoms with Crippen LogP contribution < -0.4 is 10.1 Å². The van der Waals surface area contributed by atoms with Gasteiger partial charge in [-0.1, -0.05) is 15.9 Å². The van der Waals surface area contributed by atoms with Crippen molar-refractivity contribution in [1.29, 1.82) is 0 Å².